The number of benzene rings is 1. The summed E-state index contributed by atoms with van der Waals surface area (Å²) in [5.74, 6) is -2.10. The van der Waals surface area contributed by atoms with Crippen LogP contribution in [0, 0.1) is 11.6 Å². The maximum atomic E-state index is 13.3. The van der Waals surface area contributed by atoms with Gasteiger partial charge in [-0.1, -0.05) is 0 Å². The molecule has 0 saturated heterocycles. The fourth-order valence-electron chi connectivity index (χ4n) is 1.26. The van der Waals surface area contributed by atoms with Crippen LogP contribution in [0.4, 0.5) is 20.2 Å². The molecule has 0 aliphatic rings. The molecule has 0 aliphatic heterocycles. The number of hydrogen-bond donors (Lipinski definition) is 2. The van der Waals surface area contributed by atoms with Crippen molar-refractivity contribution in [1.82, 2.24) is 4.90 Å². The smallest absolute Gasteiger partial charge is 0.223 e. The van der Waals surface area contributed by atoms with Gasteiger partial charge in [-0.05, 0) is 12.1 Å². The summed E-state index contributed by atoms with van der Waals surface area (Å²) in [5.41, 5.74) is 5.51. The molecular formula is C11H15F2N3O. The van der Waals surface area contributed by atoms with Gasteiger partial charge in [0.05, 0.1) is 11.4 Å². The summed E-state index contributed by atoms with van der Waals surface area (Å²) in [6.07, 6.45) is 0.183. The van der Waals surface area contributed by atoms with Crippen molar-refractivity contribution in [3.63, 3.8) is 0 Å². The third-order valence-corrected chi connectivity index (χ3v) is 2.27. The minimum Gasteiger partial charge on any atom is -0.397 e. The van der Waals surface area contributed by atoms with E-state index in [0.29, 0.717) is 0 Å². The summed E-state index contributed by atoms with van der Waals surface area (Å²) in [6.45, 7) is 0.196. The highest BCUT2D eigenvalue weighted by Gasteiger charge is 2.12. The monoisotopic (exact) mass is 243 g/mol. The van der Waals surface area contributed by atoms with Crippen molar-refractivity contribution >= 4 is 17.3 Å². The van der Waals surface area contributed by atoms with Gasteiger partial charge in [0.1, 0.15) is 0 Å². The van der Waals surface area contributed by atoms with E-state index in [1.165, 1.54) is 11.0 Å². The molecule has 0 saturated carbocycles. The summed E-state index contributed by atoms with van der Waals surface area (Å²) in [5, 5.41) is 2.62. The van der Waals surface area contributed by atoms with E-state index >= 15 is 0 Å². The van der Waals surface area contributed by atoms with Crippen LogP contribution < -0.4 is 11.1 Å². The summed E-state index contributed by atoms with van der Waals surface area (Å²) < 4.78 is 26.3. The Kier molecular flexibility index (Phi) is 4.25. The molecular weight excluding hydrogens is 228 g/mol. The molecule has 17 heavy (non-hydrogen) atoms. The molecule has 0 heterocycles. The van der Waals surface area contributed by atoms with Gasteiger partial charge in [0, 0.05) is 27.1 Å². The van der Waals surface area contributed by atoms with Gasteiger partial charge in [-0.25, -0.2) is 8.78 Å². The minimum atomic E-state index is -1.03. The molecule has 94 valence electrons. The highest BCUT2D eigenvalue weighted by molar-refractivity contribution is 5.76. The number of carbonyl (C=O) groups excluding carboxylic acids is 1. The van der Waals surface area contributed by atoms with Crippen LogP contribution in [0.1, 0.15) is 6.42 Å². The quantitative estimate of drug-likeness (QED) is 0.787. The molecule has 1 amide bonds. The summed E-state index contributed by atoms with van der Waals surface area (Å²) in [6, 6.07) is 2.23. The number of anilines is 2. The van der Waals surface area contributed by atoms with E-state index in [2.05, 4.69) is 5.32 Å². The Bertz CT molecular complexity index is 421. The van der Waals surface area contributed by atoms with E-state index in [-0.39, 0.29) is 30.2 Å². The molecule has 1 aromatic rings. The van der Waals surface area contributed by atoms with Gasteiger partial charge in [-0.15, -0.1) is 0 Å². The summed E-state index contributed by atoms with van der Waals surface area (Å²) >= 11 is 0. The molecule has 0 atom stereocenters. The van der Waals surface area contributed by atoms with E-state index in [1.807, 2.05) is 0 Å². The van der Waals surface area contributed by atoms with Crippen molar-refractivity contribution in [3.8, 4) is 0 Å². The maximum absolute atomic E-state index is 13.3. The van der Waals surface area contributed by atoms with Crippen LogP contribution >= 0.6 is 0 Å². The Morgan fingerprint density at radius 1 is 1.41 bits per heavy atom. The highest BCUT2D eigenvalue weighted by Crippen LogP contribution is 2.24. The Morgan fingerprint density at radius 2 is 2.06 bits per heavy atom. The fourth-order valence-corrected chi connectivity index (χ4v) is 1.26. The molecule has 0 radical (unpaired) electrons. The standard InChI is InChI=1S/C11H15F2N3O/c1-16(2)9(17)5-6-15-11-8(14)4-3-7(12)10(11)13/h3-4,15H,5-6,14H2,1-2H3. The molecule has 0 unspecified atom stereocenters. The number of hydrogen-bond acceptors (Lipinski definition) is 3. The summed E-state index contributed by atoms with van der Waals surface area (Å²) in [7, 11) is 3.25. The zero-order valence-electron chi connectivity index (χ0n) is 9.76. The van der Waals surface area contributed by atoms with Crippen molar-refractivity contribution in [2.24, 2.45) is 0 Å². The Hall–Kier alpha value is -1.85. The van der Waals surface area contributed by atoms with E-state index in [4.69, 9.17) is 5.73 Å². The average Bonchev–Trinajstić information content (AvgIpc) is 2.28. The number of nitrogen functional groups attached to an aromatic ring is 1. The lowest BCUT2D eigenvalue weighted by Gasteiger charge is -2.13. The first-order valence-corrected chi connectivity index (χ1v) is 5.11. The number of nitrogens with zero attached hydrogens (tertiary/aromatic N) is 1. The van der Waals surface area contributed by atoms with Crippen LogP contribution in [0.25, 0.3) is 0 Å². The van der Waals surface area contributed by atoms with E-state index in [1.54, 1.807) is 14.1 Å². The third kappa shape index (κ3) is 3.30. The number of amides is 1. The first kappa shape index (κ1) is 13.2. The zero-order valence-corrected chi connectivity index (χ0v) is 9.76. The lowest BCUT2D eigenvalue weighted by Crippen LogP contribution is -2.24. The van der Waals surface area contributed by atoms with E-state index in [0.717, 1.165) is 6.07 Å². The van der Waals surface area contributed by atoms with Gasteiger partial charge in [-0.2, -0.15) is 0 Å². The number of nitrogens with two attached hydrogens (primary N) is 1. The number of carbonyl (C=O) groups is 1. The van der Waals surface area contributed by atoms with Gasteiger partial charge in [-0.3, -0.25) is 4.79 Å². The van der Waals surface area contributed by atoms with Gasteiger partial charge in [0.25, 0.3) is 0 Å². The van der Waals surface area contributed by atoms with Crippen LogP contribution in [0.2, 0.25) is 0 Å². The number of rotatable bonds is 4. The second-order valence-corrected chi connectivity index (χ2v) is 3.79. The SMILES string of the molecule is CN(C)C(=O)CCNc1c(N)ccc(F)c1F. The molecule has 6 heteroatoms. The van der Waals surface area contributed by atoms with Gasteiger partial charge in [0.2, 0.25) is 5.91 Å². The minimum absolute atomic E-state index is 0.100. The average molecular weight is 243 g/mol. The van der Waals surface area contributed by atoms with Crippen LogP contribution in [-0.4, -0.2) is 31.4 Å². The number of nitrogens with one attached hydrogen (secondary N) is 1. The Labute approximate surface area is 98.4 Å². The van der Waals surface area contributed by atoms with Crippen molar-refractivity contribution in [2.75, 3.05) is 31.7 Å². The molecule has 0 aromatic heterocycles. The first-order valence-electron chi connectivity index (χ1n) is 5.11. The Balaban J connectivity index is 2.64. The molecule has 4 nitrogen and oxygen atoms in total. The van der Waals surface area contributed by atoms with E-state index < -0.39 is 11.6 Å². The van der Waals surface area contributed by atoms with Crippen LogP contribution in [0.5, 0.6) is 0 Å². The fraction of sp³-hybridized carbons (Fsp3) is 0.364. The van der Waals surface area contributed by atoms with Gasteiger partial charge < -0.3 is 16.0 Å². The maximum Gasteiger partial charge on any atom is 0.223 e. The number of halogens is 2. The molecule has 3 N–H and O–H groups in total. The molecule has 0 fully saturated rings. The predicted octanol–water partition coefficient (Wildman–Crippen LogP) is 1.44. The molecule has 1 rings (SSSR count). The second-order valence-electron chi connectivity index (χ2n) is 3.79. The van der Waals surface area contributed by atoms with Gasteiger partial charge >= 0.3 is 0 Å². The van der Waals surface area contributed by atoms with Crippen molar-refractivity contribution in [3.05, 3.63) is 23.8 Å². The largest absolute Gasteiger partial charge is 0.397 e. The first-order chi connectivity index (χ1) is 7.93. The van der Waals surface area contributed by atoms with Crippen molar-refractivity contribution in [2.45, 2.75) is 6.42 Å². The normalized spacial score (nSPS) is 10.1. The Morgan fingerprint density at radius 3 is 2.65 bits per heavy atom. The summed E-state index contributed by atoms with van der Waals surface area (Å²) in [4.78, 5) is 12.7. The predicted molar refractivity (Wildman–Crippen MR) is 62.6 cm³/mol. The van der Waals surface area contributed by atoms with Crippen LogP contribution in [0.15, 0.2) is 12.1 Å². The van der Waals surface area contributed by atoms with Gasteiger partial charge in [0.15, 0.2) is 11.6 Å². The van der Waals surface area contributed by atoms with E-state index in [9.17, 15) is 13.6 Å². The van der Waals surface area contributed by atoms with Crippen LogP contribution in [0.3, 0.4) is 0 Å². The second kappa shape index (κ2) is 5.47. The lowest BCUT2D eigenvalue weighted by molar-refractivity contribution is -0.128. The highest BCUT2D eigenvalue weighted by atomic mass is 19.2. The topological polar surface area (TPSA) is 58.4 Å². The lowest BCUT2D eigenvalue weighted by atomic mass is 10.2. The third-order valence-electron chi connectivity index (χ3n) is 2.27. The molecule has 0 bridgehead atoms. The van der Waals surface area contributed by atoms with Crippen molar-refractivity contribution in [1.29, 1.82) is 0 Å². The van der Waals surface area contributed by atoms with Crippen molar-refractivity contribution < 1.29 is 13.6 Å². The van der Waals surface area contributed by atoms with Crippen LogP contribution in [-0.2, 0) is 4.79 Å². The zero-order chi connectivity index (χ0) is 13.0. The molecule has 1 aromatic carbocycles. The molecule has 0 spiro atoms. The molecule has 0 aliphatic carbocycles.